The fraction of sp³-hybridized carbons (Fsp3) is 0.227. The molecule has 2 aromatic carbocycles. The number of nitrogens with one attached hydrogen (secondary N) is 2. The van der Waals surface area contributed by atoms with E-state index in [1.54, 1.807) is 38.1 Å². The molecule has 0 bridgehead atoms. The van der Waals surface area contributed by atoms with Crippen molar-refractivity contribution in [1.82, 2.24) is 10.7 Å². The zero-order chi connectivity index (χ0) is 22.1. The SMILES string of the molecule is C=CCOc1ccc(/C=N/NC(=O)C(NC(=O)c2ccc(F)cc2)C(C)C)cc1Br. The molecular formula is C22H23BrFN3O3. The van der Waals surface area contributed by atoms with E-state index < -0.39 is 23.7 Å². The molecule has 0 spiro atoms. The third-order valence-electron chi connectivity index (χ3n) is 4.04. The van der Waals surface area contributed by atoms with Crippen LogP contribution in [0.15, 0.2) is 64.7 Å². The molecule has 0 aliphatic carbocycles. The fourth-order valence-electron chi connectivity index (χ4n) is 2.46. The largest absolute Gasteiger partial charge is 0.488 e. The lowest BCUT2D eigenvalue weighted by molar-refractivity contribution is -0.123. The van der Waals surface area contributed by atoms with Crippen molar-refractivity contribution in [1.29, 1.82) is 0 Å². The van der Waals surface area contributed by atoms with Crippen LogP contribution in [-0.4, -0.2) is 30.7 Å². The molecule has 2 N–H and O–H groups in total. The quantitative estimate of drug-likeness (QED) is 0.326. The van der Waals surface area contributed by atoms with Gasteiger partial charge in [-0.1, -0.05) is 26.5 Å². The molecule has 0 saturated heterocycles. The van der Waals surface area contributed by atoms with Crippen LogP contribution in [0.3, 0.4) is 0 Å². The summed E-state index contributed by atoms with van der Waals surface area (Å²) in [4.78, 5) is 24.8. The number of rotatable bonds is 9. The van der Waals surface area contributed by atoms with Gasteiger partial charge in [-0.3, -0.25) is 9.59 Å². The van der Waals surface area contributed by atoms with Gasteiger partial charge >= 0.3 is 0 Å². The summed E-state index contributed by atoms with van der Waals surface area (Å²) < 4.78 is 19.2. The first-order valence-electron chi connectivity index (χ1n) is 9.24. The Morgan fingerprint density at radius 2 is 1.93 bits per heavy atom. The molecule has 1 unspecified atom stereocenters. The van der Waals surface area contributed by atoms with Crippen LogP contribution in [0.25, 0.3) is 0 Å². The summed E-state index contributed by atoms with van der Waals surface area (Å²) in [6, 6.07) is 9.65. The molecule has 2 amide bonds. The molecular weight excluding hydrogens is 453 g/mol. The highest BCUT2D eigenvalue weighted by molar-refractivity contribution is 9.10. The predicted octanol–water partition coefficient (Wildman–Crippen LogP) is 4.06. The topological polar surface area (TPSA) is 79.8 Å². The molecule has 0 aliphatic rings. The summed E-state index contributed by atoms with van der Waals surface area (Å²) >= 11 is 3.41. The summed E-state index contributed by atoms with van der Waals surface area (Å²) in [6.45, 7) is 7.60. The average molecular weight is 476 g/mol. The maximum Gasteiger partial charge on any atom is 0.262 e. The zero-order valence-electron chi connectivity index (χ0n) is 16.7. The number of halogens is 2. The number of carbonyl (C=O) groups excluding carboxylic acids is 2. The molecule has 30 heavy (non-hydrogen) atoms. The molecule has 0 aromatic heterocycles. The maximum atomic E-state index is 13.0. The van der Waals surface area contributed by atoms with Gasteiger partial charge in [0.1, 0.15) is 24.2 Å². The minimum Gasteiger partial charge on any atom is -0.488 e. The summed E-state index contributed by atoms with van der Waals surface area (Å²) in [7, 11) is 0. The minimum atomic E-state index is -0.805. The van der Waals surface area contributed by atoms with Crippen LogP contribution in [0.1, 0.15) is 29.8 Å². The van der Waals surface area contributed by atoms with Crippen LogP contribution < -0.4 is 15.5 Å². The Morgan fingerprint density at radius 1 is 1.23 bits per heavy atom. The summed E-state index contributed by atoms with van der Waals surface area (Å²) in [6.07, 6.45) is 3.14. The van der Waals surface area contributed by atoms with Crippen molar-refractivity contribution < 1.29 is 18.7 Å². The Kier molecular flexibility index (Phi) is 8.73. The molecule has 0 fully saturated rings. The maximum absolute atomic E-state index is 13.0. The van der Waals surface area contributed by atoms with Crippen LogP contribution in [-0.2, 0) is 4.79 Å². The van der Waals surface area contributed by atoms with E-state index in [9.17, 15) is 14.0 Å². The monoisotopic (exact) mass is 475 g/mol. The second kappa shape index (κ2) is 11.3. The highest BCUT2D eigenvalue weighted by Crippen LogP contribution is 2.25. The van der Waals surface area contributed by atoms with Crippen LogP contribution in [0, 0.1) is 11.7 Å². The van der Waals surface area contributed by atoms with Crippen molar-refractivity contribution in [2.24, 2.45) is 11.0 Å². The van der Waals surface area contributed by atoms with Crippen molar-refractivity contribution in [2.75, 3.05) is 6.61 Å². The lowest BCUT2D eigenvalue weighted by atomic mass is 10.0. The lowest BCUT2D eigenvalue weighted by Gasteiger charge is -2.20. The van der Waals surface area contributed by atoms with Crippen molar-refractivity contribution in [2.45, 2.75) is 19.9 Å². The summed E-state index contributed by atoms with van der Waals surface area (Å²) in [5.74, 6) is -0.876. The van der Waals surface area contributed by atoms with Crippen LogP contribution in [0.5, 0.6) is 5.75 Å². The first-order valence-corrected chi connectivity index (χ1v) is 10.0. The van der Waals surface area contributed by atoms with Gasteiger partial charge in [-0.25, -0.2) is 9.82 Å². The molecule has 6 nitrogen and oxygen atoms in total. The molecule has 2 rings (SSSR count). The van der Waals surface area contributed by atoms with Crippen molar-refractivity contribution in [3.63, 3.8) is 0 Å². The molecule has 0 aliphatic heterocycles. The second-order valence-electron chi connectivity index (χ2n) is 6.73. The van der Waals surface area contributed by atoms with Crippen molar-refractivity contribution >= 4 is 34.0 Å². The van der Waals surface area contributed by atoms with Gasteiger partial charge in [0.25, 0.3) is 11.8 Å². The highest BCUT2D eigenvalue weighted by atomic mass is 79.9. The van der Waals surface area contributed by atoms with E-state index in [1.165, 1.54) is 30.5 Å². The Bertz CT molecular complexity index is 930. The number of amides is 2. The first-order chi connectivity index (χ1) is 14.3. The molecule has 2 aromatic rings. The van der Waals surface area contributed by atoms with Crippen LogP contribution in [0.4, 0.5) is 4.39 Å². The molecule has 1 atom stereocenters. The third kappa shape index (κ3) is 6.81. The highest BCUT2D eigenvalue weighted by Gasteiger charge is 2.24. The molecule has 0 radical (unpaired) electrons. The van der Waals surface area contributed by atoms with E-state index in [-0.39, 0.29) is 11.5 Å². The van der Waals surface area contributed by atoms with E-state index in [0.29, 0.717) is 12.4 Å². The van der Waals surface area contributed by atoms with Gasteiger partial charge in [0, 0.05) is 5.56 Å². The number of hydrogen-bond donors (Lipinski definition) is 2. The van der Waals surface area contributed by atoms with Gasteiger partial charge in [0.2, 0.25) is 0 Å². The van der Waals surface area contributed by atoms with Crippen LogP contribution in [0.2, 0.25) is 0 Å². The number of benzene rings is 2. The normalized spacial score (nSPS) is 11.9. The molecule has 158 valence electrons. The van der Waals surface area contributed by atoms with Gasteiger partial charge < -0.3 is 10.1 Å². The van der Waals surface area contributed by atoms with Crippen molar-refractivity contribution in [3.8, 4) is 5.75 Å². The number of ether oxygens (including phenoxy) is 1. The smallest absolute Gasteiger partial charge is 0.262 e. The standard InChI is InChI=1S/C22H23BrFN3O3/c1-4-11-30-19-10-5-15(12-18(19)23)13-25-27-22(29)20(14(2)3)26-21(28)16-6-8-17(24)9-7-16/h4-10,12-14,20H,1,11H2,2-3H3,(H,26,28)(H,27,29)/b25-13+. The number of hydrogen-bond acceptors (Lipinski definition) is 4. The predicted molar refractivity (Wildman–Crippen MR) is 118 cm³/mol. The number of nitrogens with zero attached hydrogens (tertiary/aromatic N) is 1. The Balaban J connectivity index is 1.99. The van der Waals surface area contributed by atoms with E-state index in [0.717, 1.165) is 10.0 Å². The number of carbonyl (C=O) groups is 2. The molecule has 0 saturated carbocycles. The second-order valence-corrected chi connectivity index (χ2v) is 7.58. The van der Waals surface area contributed by atoms with Gasteiger partial charge in [0.15, 0.2) is 0 Å². The minimum absolute atomic E-state index is 0.181. The lowest BCUT2D eigenvalue weighted by Crippen LogP contribution is -2.48. The van der Waals surface area contributed by atoms with E-state index >= 15 is 0 Å². The average Bonchev–Trinajstić information content (AvgIpc) is 2.71. The zero-order valence-corrected chi connectivity index (χ0v) is 18.3. The summed E-state index contributed by atoms with van der Waals surface area (Å²) in [5, 5.41) is 6.62. The molecule has 0 heterocycles. The Morgan fingerprint density at radius 3 is 2.53 bits per heavy atom. The fourth-order valence-corrected chi connectivity index (χ4v) is 2.97. The summed E-state index contributed by atoms with van der Waals surface area (Å²) in [5.41, 5.74) is 3.45. The van der Waals surface area contributed by atoms with Gasteiger partial charge in [-0.05, 0) is 69.9 Å². The van der Waals surface area contributed by atoms with E-state index in [4.69, 9.17) is 4.74 Å². The van der Waals surface area contributed by atoms with E-state index in [1.807, 2.05) is 0 Å². The van der Waals surface area contributed by atoms with Gasteiger partial charge in [-0.2, -0.15) is 5.10 Å². The van der Waals surface area contributed by atoms with E-state index in [2.05, 4.69) is 38.4 Å². The number of hydrazone groups is 1. The third-order valence-corrected chi connectivity index (χ3v) is 4.66. The Labute approximate surface area is 183 Å². The van der Waals surface area contributed by atoms with Gasteiger partial charge in [0.05, 0.1) is 10.7 Å². The van der Waals surface area contributed by atoms with Crippen molar-refractivity contribution in [3.05, 3.63) is 76.5 Å². The van der Waals surface area contributed by atoms with Gasteiger partial charge in [-0.15, -0.1) is 0 Å². The Hall–Kier alpha value is -3.00. The molecule has 8 heteroatoms. The van der Waals surface area contributed by atoms with Crippen LogP contribution >= 0.6 is 15.9 Å². The first kappa shape index (κ1) is 23.3.